The molecule has 0 unspecified atom stereocenters. The fourth-order valence-electron chi connectivity index (χ4n) is 0.676. The van der Waals surface area contributed by atoms with Gasteiger partial charge in [-0.25, -0.2) is 0 Å². The fourth-order valence-corrected chi connectivity index (χ4v) is 3.62. The van der Waals surface area contributed by atoms with E-state index in [-0.39, 0.29) is 5.91 Å². The smallest absolute Gasteiger partial charge is 0.218 e. The molecule has 0 bridgehead atoms. The van der Waals surface area contributed by atoms with Crippen LogP contribution >= 0.6 is 34.9 Å². The molecule has 1 heterocycles. The minimum absolute atomic E-state index is 0.273. The van der Waals surface area contributed by atoms with Crippen molar-refractivity contribution in [2.24, 2.45) is 5.73 Å². The number of hydrogen-bond acceptors (Lipinski definition) is 6. The Bertz CT molecular complexity index is 302. The summed E-state index contributed by atoms with van der Waals surface area (Å²) in [5.74, 6) is 1.41. The number of aromatic nitrogens is 2. The van der Waals surface area contributed by atoms with Gasteiger partial charge in [-0.05, 0) is 5.75 Å². The van der Waals surface area contributed by atoms with Crippen LogP contribution in [0.3, 0.4) is 0 Å². The Balaban J connectivity index is 2.32. The van der Waals surface area contributed by atoms with Crippen molar-refractivity contribution in [3.63, 3.8) is 0 Å². The van der Waals surface area contributed by atoms with Crippen LogP contribution in [0.15, 0.2) is 8.68 Å². The van der Waals surface area contributed by atoms with Gasteiger partial charge in [-0.2, -0.15) is 0 Å². The highest BCUT2D eigenvalue weighted by molar-refractivity contribution is 8.03. The molecule has 0 aliphatic heterocycles. The summed E-state index contributed by atoms with van der Waals surface area (Å²) in [4.78, 5) is 10.5. The Labute approximate surface area is 95.1 Å². The average Bonchev–Trinajstić information content (AvgIpc) is 2.53. The first-order valence-electron chi connectivity index (χ1n) is 4.09. The van der Waals surface area contributed by atoms with E-state index in [9.17, 15) is 4.79 Å². The summed E-state index contributed by atoms with van der Waals surface area (Å²) in [6.45, 7) is 2.08. The quantitative estimate of drug-likeness (QED) is 0.776. The lowest BCUT2D eigenvalue weighted by atomic mass is 10.5. The molecular weight excluding hydrogens is 238 g/mol. The van der Waals surface area contributed by atoms with Crippen LogP contribution < -0.4 is 5.73 Å². The summed E-state index contributed by atoms with van der Waals surface area (Å²) in [5.41, 5.74) is 5.02. The number of carbonyl (C=O) groups is 1. The monoisotopic (exact) mass is 249 g/mol. The van der Waals surface area contributed by atoms with Crippen LogP contribution in [-0.4, -0.2) is 27.6 Å². The first-order chi connectivity index (χ1) is 6.72. The lowest BCUT2D eigenvalue weighted by Gasteiger charge is -1.91. The third-order valence-corrected chi connectivity index (χ3v) is 4.30. The van der Waals surface area contributed by atoms with E-state index < -0.39 is 0 Å². The second kappa shape index (κ2) is 6.26. The third-order valence-electron chi connectivity index (χ3n) is 1.23. The van der Waals surface area contributed by atoms with Crippen molar-refractivity contribution in [1.82, 2.24) is 10.2 Å². The minimum Gasteiger partial charge on any atom is -0.370 e. The Morgan fingerprint density at radius 1 is 1.43 bits per heavy atom. The molecule has 0 spiro atoms. The lowest BCUT2D eigenvalue weighted by molar-refractivity contribution is -0.117. The van der Waals surface area contributed by atoms with Gasteiger partial charge >= 0.3 is 0 Å². The molecule has 0 aliphatic rings. The SMILES string of the molecule is CCSc1nnc(SCCC(N)=O)s1. The number of thioether (sulfide) groups is 2. The first kappa shape index (κ1) is 11.8. The van der Waals surface area contributed by atoms with E-state index in [1.54, 1.807) is 23.1 Å². The van der Waals surface area contributed by atoms with Gasteiger partial charge in [0.1, 0.15) is 0 Å². The van der Waals surface area contributed by atoms with Crippen molar-refractivity contribution in [1.29, 1.82) is 0 Å². The van der Waals surface area contributed by atoms with E-state index in [1.807, 2.05) is 0 Å². The maximum Gasteiger partial charge on any atom is 0.218 e. The van der Waals surface area contributed by atoms with Gasteiger partial charge in [0.2, 0.25) is 5.91 Å². The fraction of sp³-hybridized carbons (Fsp3) is 0.571. The summed E-state index contributed by atoms with van der Waals surface area (Å²) in [6.07, 6.45) is 0.389. The first-order valence-corrected chi connectivity index (χ1v) is 6.88. The Kier molecular flexibility index (Phi) is 5.28. The zero-order chi connectivity index (χ0) is 10.4. The van der Waals surface area contributed by atoms with Crippen molar-refractivity contribution in [2.75, 3.05) is 11.5 Å². The zero-order valence-corrected chi connectivity index (χ0v) is 10.2. The molecular formula is C7H11N3OS3. The molecule has 1 amide bonds. The molecule has 7 heteroatoms. The summed E-state index contributed by atoms with van der Waals surface area (Å²) in [5, 5.41) is 7.99. The van der Waals surface area contributed by atoms with E-state index in [0.29, 0.717) is 12.2 Å². The van der Waals surface area contributed by atoms with Crippen LogP contribution in [0.4, 0.5) is 0 Å². The molecule has 0 atom stereocenters. The van der Waals surface area contributed by atoms with Gasteiger partial charge < -0.3 is 5.73 Å². The summed E-state index contributed by atoms with van der Waals surface area (Å²) >= 11 is 4.76. The molecule has 1 aromatic heterocycles. The van der Waals surface area contributed by atoms with Crippen LogP contribution in [-0.2, 0) is 4.79 Å². The molecule has 0 radical (unpaired) electrons. The predicted molar refractivity (Wildman–Crippen MR) is 60.8 cm³/mol. The highest BCUT2D eigenvalue weighted by atomic mass is 32.2. The molecule has 2 N–H and O–H groups in total. The van der Waals surface area contributed by atoms with Crippen molar-refractivity contribution >= 4 is 40.8 Å². The molecule has 0 saturated heterocycles. The molecule has 4 nitrogen and oxygen atoms in total. The summed E-state index contributed by atoms with van der Waals surface area (Å²) in [6, 6.07) is 0. The highest BCUT2D eigenvalue weighted by Gasteiger charge is 2.04. The maximum absolute atomic E-state index is 10.5. The number of primary amides is 1. The predicted octanol–water partition coefficient (Wildman–Crippen LogP) is 1.62. The van der Waals surface area contributed by atoms with Crippen molar-refractivity contribution in [3.05, 3.63) is 0 Å². The molecule has 1 rings (SSSR count). The van der Waals surface area contributed by atoms with E-state index in [1.165, 1.54) is 11.8 Å². The van der Waals surface area contributed by atoms with Gasteiger partial charge in [0.15, 0.2) is 8.68 Å². The molecule has 14 heavy (non-hydrogen) atoms. The molecule has 0 fully saturated rings. The normalized spacial score (nSPS) is 10.4. The van der Waals surface area contributed by atoms with Gasteiger partial charge in [0.05, 0.1) is 0 Å². The highest BCUT2D eigenvalue weighted by Crippen LogP contribution is 2.28. The zero-order valence-electron chi connectivity index (χ0n) is 7.73. The van der Waals surface area contributed by atoms with E-state index in [2.05, 4.69) is 17.1 Å². The van der Waals surface area contributed by atoms with E-state index >= 15 is 0 Å². The Morgan fingerprint density at radius 3 is 2.64 bits per heavy atom. The lowest BCUT2D eigenvalue weighted by Crippen LogP contribution is -2.10. The third kappa shape index (κ3) is 4.30. The summed E-state index contributed by atoms with van der Waals surface area (Å²) in [7, 11) is 0. The van der Waals surface area contributed by atoms with Crippen molar-refractivity contribution in [2.45, 2.75) is 22.0 Å². The topological polar surface area (TPSA) is 68.9 Å². The Hall–Kier alpha value is -0.270. The Morgan fingerprint density at radius 2 is 2.07 bits per heavy atom. The van der Waals surface area contributed by atoms with E-state index in [4.69, 9.17) is 5.73 Å². The molecule has 0 saturated carbocycles. The van der Waals surface area contributed by atoms with Gasteiger partial charge in [0.25, 0.3) is 0 Å². The van der Waals surface area contributed by atoms with Crippen LogP contribution in [0.1, 0.15) is 13.3 Å². The largest absolute Gasteiger partial charge is 0.370 e. The number of amides is 1. The summed E-state index contributed by atoms with van der Waals surface area (Å²) < 4.78 is 1.89. The number of nitrogens with two attached hydrogens (primary N) is 1. The van der Waals surface area contributed by atoms with Gasteiger partial charge in [-0.3, -0.25) is 4.79 Å². The van der Waals surface area contributed by atoms with Crippen molar-refractivity contribution < 1.29 is 4.79 Å². The van der Waals surface area contributed by atoms with E-state index in [0.717, 1.165) is 14.4 Å². The van der Waals surface area contributed by atoms with Crippen molar-refractivity contribution in [3.8, 4) is 0 Å². The van der Waals surface area contributed by atoms with Gasteiger partial charge in [-0.15, -0.1) is 10.2 Å². The minimum atomic E-state index is -0.273. The number of hydrogen-bond donors (Lipinski definition) is 1. The average molecular weight is 249 g/mol. The molecule has 0 aromatic carbocycles. The van der Waals surface area contributed by atoms with Crippen LogP contribution in [0, 0.1) is 0 Å². The standard InChI is InChI=1S/C7H11N3OS3/c1-2-12-6-9-10-7(14-6)13-4-3-5(8)11/h2-4H2,1H3,(H2,8,11). The van der Waals surface area contributed by atoms with Gasteiger partial charge in [0, 0.05) is 12.2 Å². The van der Waals surface area contributed by atoms with Crippen LogP contribution in [0.25, 0.3) is 0 Å². The van der Waals surface area contributed by atoms with Crippen LogP contribution in [0.2, 0.25) is 0 Å². The van der Waals surface area contributed by atoms with Gasteiger partial charge in [-0.1, -0.05) is 41.8 Å². The second-order valence-electron chi connectivity index (χ2n) is 2.33. The maximum atomic E-state index is 10.5. The molecule has 1 aromatic rings. The second-order valence-corrected chi connectivity index (χ2v) is 6.16. The molecule has 0 aliphatic carbocycles. The number of nitrogens with zero attached hydrogens (tertiary/aromatic N) is 2. The molecule has 78 valence electrons. The van der Waals surface area contributed by atoms with Crippen LogP contribution in [0.5, 0.6) is 0 Å². The number of carbonyl (C=O) groups excluding carboxylic acids is 1. The number of rotatable bonds is 6.